The average molecular weight is 222 g/mol. The number of anilines is 1. The molecule has 16 heavy (non-hydrogen) atoms. The minimum absolute atomic E-state index is 0.0641. The summed E-state index contributed by atoms with van der Waals surface area (Å²) in [5.74, 6) is 1.01. The van der Waals surface area contributed by atoms with E-state index >= 15 is 0 Å². The maximum atomic E-state index is 9.11. The summed E-state index contributed by atoms with van der Waals surface area (Å²) in [5, 5.41) is 9.11. The molecule has 1 heterocycles. The van der Waals surface area contributed by atoms with E-state index in [0.29, 0.717) is 6.04 Å². The van der Waals surface area contributed by atoms with Crippen molar-refractivity contribution < 1.29 is 5.11 Å². The largest absolute Gasteiger partial charge is 0.392 e. The van der Waals surface area contributed by atoms with Crippen LogP contribution < -0.4 is 4.90 Å². The van der Waals surface area contributed by atoms with E-state index in [0.717, 1.165) is 30.0 Å². The molecule has 0 aliphatic heterocycles. The Bertz CT molecular complexity index is 337. The molecule has 1 rings (SSSR count). The summed E-state index contributed by atoms with van der Waals surface area (Å²) in [5.41, 5.74) is 1.82. The molecule has 0 spiro atoms. The number of aliphatic hydroxyl groups is 1. The third kappa shape index (κ3) is 2.95. The van der Waals surface area contributed by atoms with Gasteiger partial charge in [0, 0.05) is 18.3 Å². The number of aliphatic hydroxyl groups excluding tert-OH is 1. The van der Waals surface area contributed by atoms with Crippen LogP contribution in [0.2, 0.25) is 0 Å². The predicted molar refractivity (Wildman–Crippen MR) is 67.7 cm³/mol. The Morgan fingerprint density at radius 1 is 1.38 bits per heavy atom. The molecule has 0 atom stereocenters. The summed E-state index contributed by atoms with van der Waals surface area (Å²) in [6.07, 6.45) is 1.11. The molecule has 0 saturated heterocycles. The first-order valence-corrected chi connectivity index (χ1v) is 5.94. The third-order valence-electron chi connectivity index (χ3n) is 2.73. The quantitative estimate of drug-likeness (QED) is 0.831. The number of nitrogens with zero attached hydrogens (tertiary/aromatic N) is 2. The molecule has 1 aromatic rings. The smallest absolute Gasteiger partial charge is 0.129 e. The molecule has 90 valence electrons. The molecule has 3 nitrogen and oxygen atoms in total. The van der Waals surface area contributed by atoms with Crippen molar-refractivity contribution in [2.75, 3.05) is 11.4 Å². The molecular formula is C13H22N2O. The second kappa shape index (κ2) is 5.85. The minimum Gasteiger partial charge on any atom is -0.392 e. The highest BCUT2D eigenvalue weighted by atomic mass is 16.3. The zero-order valence-electron chi connectivity index (χ0n) is 10.7. The highest BCUT2D eigenvalue weighted by molar-refractivity contribution is 5.42. The number of aromatic nitrogens is 1. The van der Waals surface area contributed by atoms with Crippen molar-refractivity contribution >= 4 is 5.82 Å². The fourth-order valence-corrected chi connectivity index (χ4v) is 1.78. The predicted octanol–water partition coefficient (Wildman–Crippen LogP) is 2.51. The van der Waals surface area contributed by atoms with Crippen LogP contribution >= 0.6 is 0 Å². The fourth-order valence-electron chi connectivity index (χ4n) is 1.78. The van der Waals surface area contributed by atoms with Gasteiger partial charge >= 0.3 is 0 Å². The Balaban J connectivity index is 2.97. The van der Waals surface area contributed by atoms with Crippen molar-refractivity contribution in [3.05, 3.63) is 23.4 Å². The monoisotopic (exact) mass is 222 g/mol. The lowest BCUT2D eigenvalue weighted by Gasteiger charge is -2.28. The van der Waals surface area contributed by atoms with Crippen molar-refractivity contribution in [3.63, 3.8) is 0 Å². The van der Waals surface area contributed by atoms with Gasteiger partial charge in [-0.1, -0.05) is 13.0 Å². The van der Waals surface area contributed by atoms with Gasteiger partial charge in [0.1, 0.15) is 5.82 Å². The summed E-state index contributed by atoms with van der Waals surface area (Å²) >= 11 is 0. The number of hydrogen-bond donors (Lipinski definition) is 1. The van der Waals surface area contributed by atoms with Gasteiger partial charge in [-0.2, -0.15) is 0 Å². The van der Waals surface area contributed by atoms with Crippen LogP contribution in [0.5, 0.6) is 0 Å². The zero-order valence-corrected chi connectivity index (χ0v) is 10.7. The van der Waals surface area contributed by atoms with Gasteiger partial charge in [0.2, 0.25) is 0 Å². The van der Waals surface area contributed by atoms with Crippen LogP contribution in [0.15, 0.2) is 12.1 Å². The van der Waals surface area contributed by atoms with Gasteiger partial charge in [-0.05, 0) is 38.8 Å². The lowest BCUT2D eigenvalue weighted by Crippen LogP contribution is -2.32. The zero-order chi connectivity index (χ0) is 12.1. The first-order chi connectivity index (χ1) is 7.60. The molecule has 0 aliphatic rings. The van der Waals surface area contributed by atoms with E-state index in [1.807, 2.05) is 19.1 Å². The second-order valence-corrected chi connectivity index (χ2v) is 4.36. The van der Waals surface area contributed by atoms with E-state index in [4.69, 9.17) is 5.11 Å². The minimum atomic E-state index is 0.0641. The van der Waals surface area contributed by atoms with Crippen LogP contribution in [-0.2, 0) is 6.61 Å². The molecule has 0 amide bonds. The Kier molecular flexibility index (Phi) is 4.74. The van der Waals surface area contributed by atoms with Crippen LogP contribution in [-0.4, -0.2) is 22.7 Å². The van der Waals surface area contributed by atoms with Gasteiger partial charge in [-0.25, -0.2) is 4.98 Å². The molecule has 3 heteroatoms. The lowest BCUT2D eigenvalue weighted by atomic mass is 10.2. The van der Waals surface area contributed by atoms with E-state index in [2.05, 4.69) is 30.7 Å². The molecule has 0 fully saturated rings. The normalized spacial score (nSPS) is 10.9. The number of hydrogen-bond acceptors (Lipinski definition) is 3. The third-order valence-corrected chi connectivity index (χ3v) is 2.73. The molecule has 0 aliphatic carbocycles. The van der Waals surface area contributed by atoms with Crippen LogP contribution in [0.1, 0.15) is 38.4 Å². The van der Waals surface area contributed by atoms with E-state index < -0.39 is 0 Å². The van der Waals surface area contributed by atoms with Crippen molar-refractivity contribution in [3.8, 4) is 0 Å². The molecule has 0 unspecified atom stereocenters. The summed E-state index contributed by atoms with van der Waals surface area (Å²) in [4.78, 5) is 6.84. The lowest BCUT2D eigenvalue weighted by molar-refractivity contribution is 0.280. The SMILES string of the molecule is CCCN(c1ccc(CO)c(C)n1)C(C)C. The summed E-state index contributed by atoms with van der Waals surface area (Å²) in [7, 11) is 0. The molecular weight excluding hydrogens is 200 g/mol. The maximum Gasteiger partial charge on any atom is 0.129 e. The van der Waals surface area contributed by atoms with E-state index in [-0.39, 0.29) is 6.61 Å². The van der Waals surface area contributed by atoms with E-state index in [1.165, 1.54) is 0 Å². The van der Waals surface area contributed by atoms with Crippen molar-refractivity contribution in [1.82, 2.24) is 4.98 Å². The molecule has 1 N–H and O–H groups in total. The van der Waals surface area contributed by atoms with E-state index in [9.17, 15) is 0 Å². The summed E-state index contributed by atoms with van der Waals surface area (Å²) in [6, 6.07) is 4.41. The summed E-state index contributed by atoms with van der Waals surface area (Å²) < 4.78 is 0. The molecule has 0 saturated carbocycles. The number of pyridine rings is 1. The molecule has 0 radical (unpaired) electrons. The molecule has 0 bridgehead atoms. The number of rotatable bonds is 5. The first kappa shape index (κ1) is 13.0. The van der Waals surface area contributed by atoms with Crippen molar-refractivity contribution in [1.29, 1.82) is 0 Å². The topological polar surface area (TPSA) is 36.4 Å². The summed E-state index contributed by atoms with van der Waals surface area (Å²) in [6.45, 7) is 9.54. The molecule has 0 aromatic carbocycles. The number of aryl methyl sites for hydroxylation is 1. The van der Waals surface area contributed by atoms with Crippen molar-refractivity contribution in [2.24, 2.45) is 0 Å². The Hall–Kier alpha value is -1.09. The van der Waals surface area contributed by atoms with Crippen molar-refractivity contribution in [2.45, 2.75) is 46.8 Å². The molecule has 1 aromatic heterocycles. The first-order valence-electron chi connectivity index (χ1n) is 5.94. The standard InChI is InChI=1S/C13H22N2O/c1-5-8-15(10(2)3)13-7-6-12(9-16)11(4)14-13/h6-7,10,16H,5,8-9H2,1-4H3. The van der Waals surface area contributed by atoms with Crippen LogP contribution in [0.25, 0.3) is 0 Å². The Morgan fingerprint density at radius 2 is 2.06 bits per heavy atom. The van der Waals surface area contributed by atoms with Gasteiger partial charge in [0.05, 0.1) is 6.61 Å². The van der Waals surface area contributed by atoms with Gasteiger partial charge < -0.3 is 10.0 Å². The fraction of sp³-hybridized carbons (Fsp3) is 0.615. The van der Waals surface area contributed by atoms with E-state index in [1.54, 1.807) is 0 Å². The maximum absolute atomic E-state index is 9.11. The Labute approximate surface area is 98.1 Å². The van der Waals surface area contributed by atoms with Crippen LogP contribution in [0.4, 0.5) is 5.82 Å². The van der Waals surface area contributed by atoms with Gasteiger partial charge in [-0.3, -0.25) is 0 Å². The second-order valence-electron chi connectivity index (χ2n) is 4.36. The van der Waals surface area contributed by atoms with Crippen LogP contribution in [0, 0.1) is 6.92 Å². The highest BCUT2D eigenvalue weighted by Crippen LogP contribution is 2.17. The highest BCUT2D eigenvalue weighted by Gasteiger charge is 2.11. The average Bonchev–Trinajstić information content (AvgIpc) is 2.25. The Morgan fingerprint density at radius 3 is 2.50 bits per heavy atom. The van der Waals surface area contributed by atoms with Gasteiger partial charge in [-0.15, -0.1) is 0 Å². The van der Waals surface area contributed by atoms with Gasteiger partial charge in [0.25, 0.3) is 0 Å². The van der Waals surface area contributed by atoms with Crippen LogP contribution in [0.3, 0.4) is 0 Å². The van der Waals surface area contributed by atoms with Gasteiger partial charge in [0.15, 0.2) is 0 Å².